The van der Waals surface area contributed by atoms with Crippen molar-refractivity contribution < 1.29 is 41.9 Å². The molecule has 5 atom stereocenters. The topological polar surface area (TPSA) is 198 Å². The molecule has 6 rings (SSSR count). The summed E-state index contributed by atoms with van der Waals surface area (Å²) < 4.78 is 42.5. The van der Waals surface area contributed by atoms with Crippen molar-refractivity contribution >= 4 is 50.8 Å². The molecule has 1 aliphatic carbocycles. The van der Waals surface area contributed by atoms with Crippen LogP contribution in [0.25, 0.3) is 11.0 Å². The number of hydrogen-bond acceptors (Lipinski definition) is 10. The number of amides is 4. The zero-order chi connectivity index (χ0) is 43.6. The van der Waals surface area contributed by atoms with E-state index in [2.05, 4.69) is 15.4 Å². The maximum atomic E-state index is 14.6. The van der Waals surface area contributed by atoms with Gasteiger partial charge in [-0.05, 0) is 78.0 Å². The Hall–Kier alpha value is -5.29. The Morgan fingerprint density at radius 3 is 2.45 bits per heavy atom. The second kappa shape index (κ2) is 17.7. The van der Waals surface area contributed by atoms with Gasteiger partial charge in [-0.1, -0.05) is 61.4 Å². The van der Waals surface area contributed by atoms with Crippen LogP contribution in [0.15, 0.2) is 60.7 Å². The van der Waals surface area contributed by atoms with Crippen molar-refractivity contribution in [2.24, 2.45) is 5.92 Å². The minimum absolute atomic E-state index is 0.0218. The third kappa shape index (κ3) is 10.0. The number of Topliss-reactive ketones (excluding diaryl/α,β-unsaturated/α-hetero) is 1. The molecule has 4 amide bonds. The molecule has 324 valence electrons. The van der Waals surface area contributed by atoms with Gasteiger partial charge in [0.25, 0.3) is 11.9 Å². The summed E-state index contributed by atoms with van der Waals surface area (Å²) >= 11 is 0. The van der Waals surface area contributed by atoms with Gasteiger partial charge >= 0.3 is 16.3 Å². The minimum Gasteiger partial charge on any atom is -0.459 e. The largest absolute Gasteiger partial charge is 0.459 e. The normalized spacial score (nSPS) is 24.4. The number of hydrogen-bond donors (Lipinski definition) is 3. The highest BCUT2D eigenvalue weighted by Gasteiger charge is 2.62. The number of benzene rings is 2. The lowest BCUT2D eigenvalue weighted by molar-refractivity contribution is -0.141. The molecule has 0 spiro atoms. The first-order valence-electron chi connectivity index (χ1n) is 20.6. The Bertz CT molecular complexity index is 2250. The first-order valence-corrected chi connectivity index (χ1v) is 22.0. The molecule has 0 bridgehead atoms. The fourth-order valence-electron chi connectivity index (χ4n) is 7.84. The van der Waals surface area contributed by atoms with E-state index in [9.17, 15) is 32.4 Å². The van der Waals surface area contributed by atoms with Gasteiger partial charge < -0.3 is 25.0 Å². The Kier molecular flexibility index (Phi) is 13.1. The number of carbonyl (C=O) groups is 5. The molecule has 3 aliphatic rings. The molecule has 1 saturated heterocycles. The van der Waals surface area contributed by atoms with Gasteiger partial charge in [0.1, 0.15) is 34.8 Å². The van der Waals surface area contributed by atoms with E-state index < -0.39 is 69.3 Å². The van der Waals surface area contributed by atoms with E-state index in [4.69, 9.17) is 14.5 Å². The SMILES string of the molecule is CC(C)n1c(O[C@@H]2C[C@H]3C(=O)N[C@]4(C(=O)NS(=O)(=O)N(C)C)C[C@H]4/C=C\CCCCC[C@H](NC(=O)OC(C)(C)C)C(=O)N3C2)nc2c(C(=O)Cc3ccccc3)cccc21. The van der Waals surface area contributed by atoms with Gasteiger partial charge in [0.15, 0.2) is 5.78 Å². The van der Waals surface area contributed by atoms with Crippen LogP contribution in [-0.4, -0.2) is 107 Å². The van der Waals surface area contributed by atoms with Crippen LogP contribution in [-0.2, 0) is 35.8 Å². The maximum absolute atomic E-state index is 14.6. The summed E-state index contributed by atoms with van der Waals surface area (Å²) in [7, 11) is -1.63. The van der Waals surface area contributed by atoms with Crippen molar-refractivity contribution in [1.82, 2.24) is 34.1 Å². The molecule has 0 radical (unpaired) electrons. The number of ketones is 1. The van der Waals surface area contributed by atoms with Crippen LogP contribution in [0.5, 0.6) is 6.01 Å². The quantitative estimate of drug-likeness (QED) is 0.192. The highest BCUT2D eigenvalue weighted by Crippen LogP contribution is 2.46. The summed E-state index contributed by atoms with van der Waals surface area (Å²) in [6.07, 6.45) is 5.49. The number of allylic oxidation sites excluding steroid dienone is 1. The van der Waals surface area contributed by atoms with Gasteiger partial charge in [0.05, 0.1) is 12.1 Å². The van der Waals surface area contributed by atoms with Gasteiger partial charge in [0.2, 0.25) is 11.8 Å². The number of nitrogens with zero attached hydrogens (tertiary/aromatic N) is 4. The average Bonchev–Trinajstić information content (AvgIpc) is 3.49. The van der Waals surface area contributed by atoms with E-state index in [0.717, 1.165) is 22.7 Å². The number of rotatable bonds is 10. The fourth-order valence-corrected chi connectivity index (χ4v) is 8.44. The lowest BCUT2D eigenvalue weighted by atomic mass is 10.0. The molecule has 3 aromatic rings. The van der Waals surface area contributed by atoms with Crippen LogP contribution >= 0.6 is 0 Å². The molecule has 3 N–H and O–H groups in total. The Labute approximate surface area is 351 Å². The lowest BCUT2D eigenvalue weighted by Crippen LogP contribution is -2.58. The Balaban J connectivity index is 1.35. The zero-order valence-corrected chi connectivity index (χ0v) is 36.2. The molecule has 16 nitrogen and oxygen atoms in total. The summed E-state index contributed by atoms with van der Waals surface area (Å²) in [5.41, 5.74) is 0.000965. The molecule has 1 aromatic heterocycles. The molecule has 2 aliphatic heterocycles. The molecular weight excluding hydrogens is 791 g/mol. The van der Waals surface area contributed by atoms with Crippen molar-refractivity contribution in [1.29, 1.82) is 0 Å². The summed E-state index contributed by atoms with van der Waals surface area (Å²) in [5.74, 6) is -2.71. The van der Waals surface area contributed by atoms with E-state index in [1.165, 1.54) is 19.0 Å². The number of aromatic nitrogens is 2. The molecule has 60 heavy (non-hydrogen) atoms. The zero-order valence-electron chi connectivity index (χ0n) is 35.4. The van der Waals surface area contributed by atoms with E-state index >= 15 is 0 Å². The summed E-state index contributed by atoms with van der Waals surface area (Å²) in [4.78, 5) is 75.9. The lowest BCUT2D eigenvalue weighted by Gasteiger charge is -2.30. The number of ether oxygens (including phenoxy) is 2. The smallest absolute Gasteiger partial charge is 0.408 e. The van der Waals surface area contributed by atoms with Crippen molar-refractivity contribution in [2.45, 2.75) is 121 Å². The predicted octanol–water partition coefficient (Wildman–Crippen LogP) is 4.60. The summed E-state index contributed by atoms with van der Waals surface area (Å²) in [5, 5.41) is 5.59. The molecule has 2 aromatic carbocycles. The summed E-state index contributed by atoms with van der Waals surface area (Å²) in [6.45, 7) is 8.98. The van der Waals surface area contributed by atoms with Crippen LogP contribution in [0.4, 0.5) is 4.79 Å². The van der Waals surface area contributed by atoms with Crippen LogP contribution in [0.3, 0.4) is 0 Å². The monoisotopic (exact) mass is 847 g/mol. The van der Waals surface area contributed by atoms with E-state index in [1.54, 1.807) is 32.9 Å². The van der Waals surface area contributed by atoms with Gasteiger partial charge in [-0.15, -0.1) is 0 Å². The number of alkyl carbamates (subject to hydrolysis) is 1. The highest BCUT2D eigenvalue weighted by atomic mass is 32.2. The Morgan fingerprint density at radius 1 is 1.03 bits per heavy atom. The average molecular weight is 848 g/mol. The van der Waals surface area contributed by atoms with Crippen LogP contribution in [0.2, 0.25) is 0 Å². The third-order valence-corrected chi connectivity index (χ3v) is 12.4. The van der Waals surface area contributed by atoms with Crippen LogP contribution in [0.1, 0.15) is 102 Å². The van der Waals surface area contributed by atoms with E-state index in [1.807, 2.05) is 67.0 Å². The highest BCUT2D eigenvalue weighted by molar-refractivity contribution is 7.87. The molecule has 1 saturated carbocycles. The Morgan fingerprint density at radius 2 is 1.77 bits per heavy atom. The molecule has 17 heteroatoms. The molecule has 2 fully saturated rings. The summed E-state index contributed by atoms with van der Waals surface area (Å²) in [6, 6.07) is 12.6. The van der Waals surface area contributed by atoms with Crippen molar-refractivity contribution in [3.8, 4) is 6.01 Å². The molecular formula is C43H57N7O9S. The number of para-hydroxylation sites is 1. The number of nitrogens with one attached hydrogen (secondary N) is 3. The third-order valence-electron chi connectivity index (χ3n) is 11.0. The maximum Gasteiger partial charge on any atom is 0.408 e. The molecule has 0 unspecified atom stereocenters. The second-order valence-electron chi connectivity index (χ2n) is 17.4. The van der Waals surface area contributed by atoms with Crippen LogP contribution in [0, 0.1) is 5.92 Å². The van der Waals surface area contributed by atoms with Crippen molar-refractivity contribution in [2.75, 3.05) is 20.6 Å². The number of carbonyl (C=O) groups excluding carboxylic acids is 5. The van der Waals surface area contributed by atoms with Gasteiger partial charge in [-0.2, -0.15) is 17.7 Å². The minimum atomic E-state index is -4.20. The van der Waals surface area contributed by atoms with Crippen molar-refractivity contribution in [3.05, 3.63) is 71.8 Å². The first kappa shape index (κ1) is 44.3. The van der Waals surface area contributed by atoms with Gasteiger partial charge in [-0.3, -0.25) is 23.7 Å². The number of fused-ring (bicyclic) bond motifs is 3. The standard InChI is InChI=1S/C43H57N7O9S/c1-27(2)50-33-22-16-20-31(35(51)23-28-17-12-11-13-18-28)36(33)45-40(50)58-30-24-34-37(52)46-43(39(54)47-60(56,57)48(6)7)25-29(43)19-14-9-8-10-15-21-32(38(53)49(34)26-30)44-41(55)59-42(3,4)5/h11-14,16-20,22,27,29-30,32,34H,8-10,15,21,23-26H2,1-7H3,(H,44,55)(H,46,52)(H,47,54)/b19-14-/t29-,30-,32+,34+,43-/m1/s1. The fraction of sp³-hybridized carbons (Fsp3) is 0.535. The van der Waals surface area contributed by atoms with E-state index in [-0.39, 0.29) is 50.1 Å². The van der Waals surface area contributed by atoms with Crippen LogP contribution < -0.4 is 20.1 Å². The van der Waals surface area contributed by atoms with E-state index in [0.29, 0.717) is 29.4 Å². The van der Waals surface area contributed by atoms with Gasteiger partial charge in [0, 0.05) is 44.5 Å². The van der Waals surface area contributed by atoms with Gasteiger partial charge in [-0.25, -0.2) is 9.52 Å². The predicted molar refractivity (Wildman–Crippen MR) is 224 cm³/mol. The first-order chi connectivity index (χ1) is 28.3. The number of imidazole rings is 1. The molecule has 3 heterocycles. The second-order valence-corrected chi connectivity index (χ2v) is 19.2. The van der Waals surface area contributed by atoms with Crippen molar-refractivity contribution in [3.63, 3.8) is 0 Å².